The first-order valence-electron chi connectivity index (χ1n) is 5.82. The maximum atomic E-state index is 11.5. The zero-order valence-electron chi connectivity index (χ0n) is 9.92. The Morgan fingerprint density at radius 1 is 1.47 bits per heavy atom. The van der Waals surface area contributed by atoms with Gasteiger partial charge in [0.2, 0.25) is 0 Å². The molecule has 1 aliphatic heterocycles. The monoisotopic (exact) mass is 211 g/mol. The summed E-state index contributed by atoms with van der Waals surface area (Å²) < 4.78 is 0. The minimum Gasteiger partial charge on any atom is -0.481 e. The summed E-state index contributed by atoms with van der Waals surface area (Å²) in [4.78, 5) is 13.8. The topological polar surface area (TPSA) is 40.5 Å². The van der Waals surface area contributed by atoms with Crippen molar-refractivity contribution in [3.05, 3.63) is 0 Å². The van der Waals surface area contributed by atoms with E-state index in [0.717, 1.165) is 32.4 Å². The van der Waals surface area contributed by atoms with Gasteiger partial charge >= 0.3 is 5.97 Å². The Labute approximate surface area is 91.5 Å². The van der Waals surface area contributed by atoms with Crippen LogP contribution in [0, 0.1) is 16.7 Å². The van der Waals surface area contributed by atoms with Gasteiger partial charge < -0.3 is 10.0 Å². The highest BCUT2D eigenvalue weighted by molar-refractivity contribution is 5.80. The molecule has 2 atom stereocenters. The van der Waals surface area contributed by atoms with Crippen LogP contribution in [0.2, 0.25) is 0 Å². The molecule has 3 nitrogen and oxygen atoms in total. The van der Waals surface area contributed by atoms with E-state index in [4.69, 9.17) is 0 Å². The molecule has 0 aromatic carbocycles. The molecule has 1 N–H and O–H groups in total. The van der Waals surface area contributed by atoms with Gasteiger partial charge in [-0.25, -0.2) is 0 Å². The summed E-state index contributed by atoms with van der Waals surface area (Å²) in [6.45, 7) is 6.26. The van der Waals surface area contributed by atoms with Crippen molar-refractivity contribution in [2.45, 2.75) is 33.1 Å². The Hall–Kier alpha value is -0.570. The van der Waals surface area contributed by atoms with Gasteiger partial charge in [0.15, 0.2) is 0 Å². The fourth-order valence-electron chi connectivity index (χ4n) is 3.46. The minimum absolute atomic E-state index is 0.00167. The number of carboxylic acids is 1. The normalized spacial score (nSPS) is 40.1. The molecule has 0 aromatic rings. The van der Waals surface area contributed by atoms with E-state index in [0.29, 0.717) is 5.92 Å². The molecule has 2 aliphatic rings. The molecule has 2 unspecified atom stereocenters. The number of rotatable bonds is 2. The van der Waals surface area contributed by atoms with Gasteiger partial charge in [-0.15, -0.1) is 0 Å². The number of hydrogen-bond donors (Lipinski definition) is 1. The average Bonchev–Trinajstić information content (AvgIpc) is 2.71. The molecule has 0 bridgehead atoms. The maximum absolute atomic E-state index is 11.5. The molecule has 1 saturated heterocycles. The number of nitrogens with zero attached hydrogens (tertiary/aromatic N) is 1. The molecular weight excluding hydrogens is 190 g/mol. The van der Waals surface area contributed by atoms with Gasteiger partial charge in [-0.05, 0) is 44.2 Å². The molecule has 86 valence electrons. The third-order valence-corrected chi connectivity index (χ3v) is 4.51. The Balaban J connectivity index is 2.17. The average molecular weight is 211 g/mol. The second-order valence-corrected chi connectivity index (χ2v) is 5.94. The van der Waals surface area contributed by atoms with Crippen LogP contribution in [0.25, 0.3) is 0 Å². The van der Waals surface area contributed by atoms with E-state index < -0.39 is 11.4 Å². The lowest BCUT2D eigenvalue weighted by atomic mass is 9.78. The van der Waals surface area contributed by atoms with Gasteiger partial charge in [0, 0.05) is 6.54 Å². The number of likely N-dealkylation sites (tertiary alicyclic amines) is 1. The predicted molar refractivity (Wildman–Crippen MR) is 58.7 cm³/mol. The molecule has 3 heteroatoms. The summed E-state index contributed by atoms with van der Waals surface area (Å²) in [7, 11) is 2.09. The maximum Gasteiger partial charge on any atom is 0.310 e. The third kappa shape index (κ3) is 1.48. The first-order valence-corrected chi connectivity index (χ1v) is 5.82. The quantitative estimate of drug-likeness (QED) is 0.757. The van der Waals surface area contributed by atoms with Crippen LogP contribution in [0.5, 0.6) is 0 Å². The number of aliphatic carboxylic acids is 1. The first-order chi connectivity index (χ1) is 6.90. The third-order valence-electron chi connectivity index (χ3n) is 4.51. The SMILES string of the molecule is CN1CCCC(C2(C(=O)O)CC2(C)C)C1. The van der Waals surface area contributed by atoms with Gasteiger partial charge in [0.25, 0.3) is 0 Å². The number of carboxylic acid groups (broad SMARTS) is 1. The van der Waals surface area contributed by atoms with Crippen molar-refractivity contribution in [1.82, 2.24) is 4.90 Å². The van der Waals surface area contributed by atoms with Crippen LogP contribution in [0.15, 0.2) is 0 Å². The largest absolute Gasteiger partial charge is 0.481 e. The van der Waals surface area contributed by atoms with E-state index in [1.54, 1.807) is 0 Å². The van der Waals surface area contributed by atoms with Crippen LogP contribution < -0.4 is 0 Å². The molecular formula is C12H21NO2. The molecule has 2 fully saturated rings. The Bertz CT molecular complexity index is 287. The molecule has 1 saturated carbocycles. The van der Waals surface area contributed by atoms with E-state index in [2.05, 4.69) is 25.8 Å². The molecule has 0 aromatic heterocycles. The van der Waals surface area contributed by atoms with E-state index >= 15 is 0 Å². The van der Waals surface area contributed by atoms with Gasteiger partial charge in [-0.3, -0.25) is 4.79 Å². The first kappa shape index (κ1) is 10.9. The molecule has 0 spiro atoms. The minimum atomic E-state index is -0.576. The van der Waals surface area contributed by atoms with Gasteiger partial charge in [0.05, 0.1) is 5.41 Å². The molecule has 2 rings (SSSR count). The van der Waals surface area contributed by atoms with Crippen molar-refractivity contribution < 1.29 is 9.90 Å². The highest BCUT2D eigenvalue weighted by Crippen LogP contribution is 2.68. The lowest BCUT2D eigenvalue weighted by Gasteiger charge is -2.35. The number of hydrogen-bond acceptors (Lipinski definition) is 2. The second kappa shape index (κ2) is 3.21. The molecule has 1 aliphatic carbocycles. The summed E-state index contributed by atoms with van der Waals surface area (Å²) in [5.74, 6) is -0.225. The summed E-state index contributed by atoms with van der Waals surface area (Å²) >= 11 is 0. The van der Waals surface area contributed by atoms with Crippen molar-refractivity contribution in [3.63, 3.8) is 0 Å². The van der Waals surface area contributed by atoms with Crippen LogP contribution in [0.1, 0.15) is 33.1 Å². The van der Waals surface area contributed by atoms with E-state index in [-0.39, 0.29) is 5.41 Å². The molecule has 0 amide bonds. The van der Waals surface area contributed by atoms with Crippen LogP contribution in [0.4, 0.5) is 0 Å². The summed E-state index contributed by atoms with van der Waals surface area (Å²) in [6.07, 6.45) is 3.08. The van der Waals surface area contributed by atoms with Gasteiger partial charge in [-0.2, -0.15) is 0 Å². The molecule has 15 heavy (non-hydrogen) atoms. The van der Waals surface area contributed by atoms with Crippen LogP contribution in [-0.2, 0) is 4.79 Å². The highest BCUT2D eigenvalue weighted by Gasteiger charge is 2.70. The van der Waals surface area contributed by atoms with Gasteiger partial charge in [-0.1, -0.05) is 13.8 Å². The van der Waals surface area contributed by atoms with Crippen molar-refractivity contribution in [3.8, 4) is 0 Å². The lowest BCUT2D eigenvalue weighted by Crippen LogP contribution is -2.41. The molecule has 1 heterocycles. The standard InChI is InChI=1S/C12H21NO2/c1-11(2)8-12(11,10(14)15)9-5-4-6-13(3)7-9/h9H,4-8H2,1-3H3,(H,14,15). The van der Waals surface area contributed by atoms with E-state index in [9.17, 15) is 9.90 Å². The van der Waals surface area contributed by atoms with Gasteiger partial charge in [0.1, 0.15) is 0 Å². The van der Waals surface area contributed by atoms with Crippen LogP contribution in [-0.4, -0.2) is 36.1 Å². The summed E-state index contributed by atoms with van der Waals surface area (Å²) in [6, 6.07) is 0. The lowest BCUT2D eigenvalue weighted by molar-refractivity contribution is -0.148. The van der Waals surface area contributed by atoms with E-state index in [1.165, 1.54) is 0 Å². The zero-order valence-corrected chi connectivity index (χ0v) is 9.92. The summed E-state index contributed by atoms with van der Waals surface area (Å²) in [5, 5.41) is 9.46. The Morgan fingerprint density at radius 2 is 2.07 bits per heavy atom. The van der Waals surface area contributed by atoms with Crippen LogP contribution in [0.3, 0.4) is 0 Å². The fourth-order valence-corrected chi connectivity index (χ4v) is 3.46. The predicted octanol–water partition coefficient (Wildman–Crippen LogP) is 1.83. The fraction of sp³-hybridized carbons (Fsp3) is 0.917. The number of carbonyl (C=O) groups is 1. The Kier molecular flexibility index (Phi) is 2.34. The zero-order chi connectivity index (χ0) is 11.3. The van der Waals surface area contributed by atoms with Crippen molar-refractivity contribution >= 4 is 5.97 Å². The van der Waals surface area contributed by atoms with Crippen molar-refractivity contribution in [2.75, 3.05) is 20.1 Å². The van der Waals surface area contributed by atoms with Crippen molar-refractivity contribution in [2.24, 2.45) is 16.7 Å². The highest BCUT2D eigenvalue weighted by atomic mass is 16.4. The second-order valence-electron chi connectivity index (χ2n) is 5.94. The number of piperidine rings is 1. The smallest absolute Gasteiger partial charge is 0.310 e. The summed E-state index contributed by atoms with van der Waals surface area (Å²) in [5.41, 5.74) is -0.427. The molecule has 0 radical (unpaired) electrons. The van der Waals surface area contributed by atoms with Crippen molar-refractivity contribution in [1.29, 1.82) is 0 Å². The van der Waals surface area contributed by atoms with Crippen LogP contribution >= 0.6 is 0 Å². The van der Waals surface area contributed by atoms with E-state index in [1.807, 2.05) is 0 Å². The Morgan fingerprint density at radius 3 is 2.47 bits per heavy atom.